The first-order chi connectivity index (χ1) is 8.62. The summed E-state index contributed by atoms with van der Waals surface area (Å²) in [6, 6.07) is 9.87. The van der Waals surface area contributed by atoms with E-state index in [1.807, 2.05) is 30.3 Å². The molecule has 1 amide bonds. The van der Waals surface area contributed by atoms with E-state index in [-0.39, 0.29) is 17.7 Å². The second kappa shape index (κ2) is 5.21. The van der Waals surface area contributed by atoms with Gasteiger partial charge in [0.1, 0.15) is 0 Å². The molecule has 1 aromatic carbocycles. The lowest BCUT2D eigenvalue weighted by Crippen LogP contribution is -2.46. The molecule has 1 heterocycles. The molecule has 4 heteroatoms. The van der Waals surface area contributed by atoms with Gasteiger partial charge in [0.25, 0.3) is 0 Å². The number of piperidine rings is 1. The summed E-state index contributed by atoms with van der Waals surface area (Å²) in [5.74, 6) is -0.737. The van der Waals surface area contributed by atoms with Crippen LogP contribution in [0.25, 0.3) is 0 Å². The Labute approximate surface area is 106 Å². The van der Waals surface area contributed by atoms with Gasteiger partial charge in [-0.1, -0.05) is 30.3 Å². The van der Waals surface area contributed by atoms with Gasteiger partial charge >= 0.3 is 5.97 Å². The van der Waals surface area contributed by atoms with E-state index < -0.39 is 5.97 Å². The van der Waals surface area contributed by atoms with E-state index in [4.69, 9.17) is 5.11 Å². The van der Waals surface area contributed by atoms with Crippen LogP contribution in [-0.2, 0) is 15.0 Å². The zero-order valence-corrected chi connectivity index (χ0v) is 10.2. The Balaban J connectivity index is 2.22. The molecule has 0 aliphatic carbocycles. The number of amides is 1. The lowest BCUT2D eigenvalue weighted by molar-refractivity contribution is -0.137. The highest BCUT2D eigenvalue weighted by atomic mass is 16.4. The van der Waals surface area contributed by atoms with Gasteiger partial charge in [-0.05, 0) is 18.4 Å². The van der Waals surface area contributed by atoms with Crippen molar-refractivity contribution < 1.29 is 14.7 Å². The Morgan fingerprint density at radius 1 is 1.33 bits per heavy atom. The maximum absolute atomic E-state index is 11.3. The Morgan fingerprint density at radius 3 is 2.61 bits per heavy atom. The van der Waals surface area contributed by atoms with Crippen molar-refractivity contribution in [1.82, 2.24) is 5.32 Å². The van der Waals surface area contributed by atoms with Crippen LogP contribution in [0.2, 0.25) is 0 Å². The molecule has 0 saturated carbocycles. The third-order valence-electron chi connectivity index (χ3n) is 3.66. The summed E-state index contributed by atoms with van der Waals surface area (Å²) in [4.78, 5) is 22.1. The van der Waals surface area contributed by atoms with E-state index >= 15 is 0 Å². The molecule has 1 saturated heterocycles. The summed E-state index contributed by atoms with van der Waals surface area (Å²) < 4.78 is 0. The van der Waals surface area contributed by atoms with Crippen LogP contribution in [0.4, 0.5) is 0 Å². The molecule has 1 unspecified atom stereocenters. The molecule has 18 heavy (non-hydrogen) atoms. The molecule has 1 aromatic rings. The molecule has 1 fully saturated rings. The largest absolute Gasteiger partial charge is 0.481 e. The molecular weight excluding hydrogens is 230 g/mol. The molecule has 1 aliphatic heterocycles. The number of hydrogen-bond donors (Lipinski definition) is 2. The first-order valence-corrected chi connectivity index (χ1v) is 6.16. The minimum absolute atomic E-state index is 0.0527. The number of carboxylic acids is 1. The number of carbonyl (C=O) groups is 2. The summed E-state index contributed by atoms with van der Waals surface area (Å²) in [5, 5.41) is 11.7. The minimum atomic E-state index is -0.790. The van der Waals surface area contributed by atoms with Crippen molar-refractivity contribution >= 4 is 11.9 Å². The molecule has 4 nitrogen and oxygen atoms in total. The van der Waals surface area contributed by atoms with Gasteiger partial charge in [0.2, 0.25) is 5.91 Å². The fourth-order valence-corrected chi connectivity index (χ4v) is 2.54. The van der Waals surface area contributed by atoms with Gasteiger partial charge in [-0.2, -0.15) is 0 Å². The number of nitrogens with one attached hydrogen (secondary N) is 1. The fourth-order valence-electron chi connectivity index (χ4n) is 2.54. The third-order valence-corrected chi connectivity index (χ3v) is 3.66. The predicted molar refractivity (Wildman–Crippen MR) is 67.2 cm³/mol. The van der Waals surface area contributed by atoms with E-state index in [1.54, 1.807) is 0 Å². The lowest BCUT2D eigenvalue weighted by Gasteiger charge is -2.37. The second-order valence-electron chi connectivity index (χ2n) is 4.82. The van der Waals surface area contributed by atoms with Crippen molar-refractivity contribution in [3.63, 3.8) is 0 Å². The molecule has 1 atom stereocenters. The molecule has 0 radical (unpaired) electrons. The molecule has 0 bridgehead atoms. The molecule has 2 N–H and O–H groups in total. The van der Waals surface area contributed by atoms with Crippen molar-refractivity contribution in [3.05, 3.63) is 35.9 Å². The smallest absolute Gasteiger partial charge is 0.303 e. The van der Waals surface area contributed by atoms with E-state index in [1.165, 1.54) is 0 Å². The maximum Gasteiger partial charge on any atom is 0.303 e. The maximum atomic E-state index is 11.3. The van der Waals surface area contributed by atoms with E-state index in [0.29, 0.717) is 19.4 Å². The van der Waals surface area contributed by atoms with Gasteiger partial charge in [0, 0.05) is 24.8 Å². The minimum Gasteiger partial charge on any atom is -0.481 e. The first-order valence-electron chi connectivity index (χ1n) is 6.16. The fraction of sp³-hybridized carbons (Fsp3) is 0.429. The van der Waals surface area contributed by atoms with Gasteiger partial charge in [-0.3, -0.25) is 9.59 Å². The van der Waals surface area contributed by atoms with Crippen molar-refractivity contribution in [2.24, 2.45) is 0 Å². The zero-order valence-electron chi connectivity index (χ0n) is 10.2. The summed E-state index contributed by atoms with van der Waals surface area (Å²) in [6.45, 7) is 0.531. The summed E-state index contributed by atoms with van der Waals surface area (Å²) in [6.07, 6.45) is 1.88. The van der Waals surface area contributed by atoms with Crippen LogP contribution in [0.15, 0.2) is 30.3 Å². The number of rotatable bonds is 4. The Morgan fingerprint density at radius 2 is 2.06 bits per heavy atom. The number of carboxylic acid groups (broad SMARTS) is 1. The summed E-state index contributed by atoms with van der Waals surface area (Å²) in [5.41, 5.74) is 0.888. The number of benzene rings is 1. The van der Waals surface area contributed by atoms with Crippen LogP contribution in [-0.4, -0.2) is 23.5 Å². The Hall–Kier alpha value is -1.84. The zero-order chi connectivity index (χ0) is 13.0. The van der Waals surface area contributed by atoms with Crippen molar-refractivity contribution in [3.8, 4) is 0 Å². The number of aliphatic carboxylic acids is 1. The molecule has 0 aromatic heterocycles. The monoisotopic (exact) mass is 247 g/mol. The average molecular weight is 247 g/mol. The number of hydrogen-bond acceptors (Lipinski definition) is 2. The van der Waals surface area contributed by atoms with Gasteiger partial charge in [0.05, 0.1) is 0 Å². The van der Waals surface area contributed by atoms with Crippen molar-refractivity contribution in [1.29, 1.82) is 0 Å². The van der Waals surface area contributed by atoms with E-state index in [2.05, 4.69) is 5.32 Å². The van der Waals surface area contributed by atoms with Crippen LogP contribution < -0.4 is 5.32 Å². The van der Waals surface area contributed by atoms with E-state index in [0.717, 1.165) is 12.0 Å². The van der Waals surface area contributed by atoms with Crippen LogP contribution in [0.3, 0.4) is 0 Å². The highest BCUT2D eigenvalue weighted by Gasteiger charge is 2.36. The molecule has 1 aliphatic rings. The van der Waals surface area contributed by atoms with Crippen LogP contribution in [0.1, 0.15) is 31.2 Å². The molecule has 96 valence electrons. The highest BCUT2D eigenvalue weighted by molar-refractivity contribution is 5.77. The Bertz CT molecular complexity index is 432. The molecular formula is C14H17NO3. The van der Waals surface area contributed by atoms with Crippen LogP contribution >= 0.6 is 0 Å². The first kappa shape index (κ1) is 12.6. The average Bonchev–Trinajstić information content (AvgIpc) is 2.39. The van der Waals surface area contributed by atoms with E-state index in [9.17, 15) is 9.59 Å². The lowest BCUT2D eigenvalue weighted by atomic mass is 9.71. The van der Waals surface area contributed by atoms with Gasteiger partial charge in [-0.25, -0.2) is 0 Å². The highest BCUT2D eigenvalue weighted by Crippen LogP contribution is 2.35. The van der Waals surface area contributed by atoms with Crippen LogP contribution in [0.5, 0.6) is 0 Å². The van der Waals surface area contributed by atoms with Gasteiger partial charge in [0.15, 0.2) is 0 Å². The normalized spacial score (nSPS) is 23.4. The summed E-state index contributed by atoms with van der Waals surface area (Å²) >= 11 is 0. The number of carbonyl (C=O) groups excluding carboxylic acids is 1. The third kappa shape index (κ3) is 2.70. The Kier molecular flexibility index (Phi) is 3.65. The quantitative estimate of drug-likeness (QED) is 0.851. The van der Waals surface area contributed by atoms with Crippen molar-refractivity contribution in [2.75, 3.05) is 6.54 Å². The van der Waals surface area contributed by atoms with Crippen molar-refractivity contribution in [2.45, 2.75) is 31.1 Å². The SMILES string of the molecule is O=C(O)CCC1(c2ccccc2)CCC(=O)NC1. The van der Waals surface area contributed by atoms with Gasteiger partial charge < -0.3 is 10.4 Å². The predicted octanol–water partition coefficient (Wildman–Crippen LogP) is 1.70. The van der Waals surface area contributed by atoms with Crippen LogP contribution in [0, 0.1) is 0 Å². The molecule has 0 spiro atoms. The summed E-state index contributed by atoms with van der Waals surface area (Å²) in [7, 11) is 0. The topological polar surface area (TPSA) is 66.4 Å². The second-order valence-corrected chi connectivity index (χ2v) is 4.82. The van der Waals surface area contributed by atoms with Gasteiger partial charge in [-0.15, -0.1) is 0 Å². The standard InChI is InChI=1S/C14H17NO3/c16-12-6-8-14(10-15-12,9-7-13(17)18)11-4-2-1-3-5-11/h1-5H,6-10H2,(H,15,16)(H,17,18). The molecule has 2 rings (SSSR count).